The van der Waals surface area contributed by atoms with Gasteiger partial charge in [0.15, 0.2) is 0 Å². The Kier molecular flexibility index (Phi) is 12.7. The van der Waals surface area contributed by atoms with Gasteiger partial charge in [-0.25, -0.2) is 4.79 Å². The fraction of sp³-hybridized carbons (Fsp3) is 0.750. The maximum absolute atomic E-state index is 11.6. The molecule has 0 radical (unpaired) electrons. The van der Waals surface area contributed by atoms with E-state index in [0.717, 1.165) is 32.1 Å². The van der Waals surface area contributed by atoms with Gasteiger partial charge in [0, 0.05) is 6.61 Å². The highest BCUT2D eigenvalue weighted by Gasteiger charge is 2.13. The summed E-state index contributed by atoms with van der Waals surface area (Å²) in [6, 6.07) is 1.83. The van der Waals surface area contributed by atoms with Gasteiger partial charge in [-0.2, -0.15) is 10.1 Å². The van der Waals surface area contributed by atoms with Gasteiger partial charge in [-0.15, -0.1) is 0 Å². The molecule has 0 aromatic heterocycles. The summed E-state index contributed by atoms with van der Waals surface area (Å²) in [4.78, 5) is 21.2. The van der Waals surface area contributed by atoms with Gasteiger partial charge in [0.1, 0.15) is 18.2 Å². The van der Waals surface area contributed by atoms with Crippen LogP contribution in [0.4, 0.5) is 0 Å². The van der Waals surface area contributed by atoms with Crippen LogP contribution < -0.4 is 0 Å². The van der Waals surface area contributed by atoms with E-state index in [1.54, 1.807) is 6.08 Å². The van der Waals surface area contributed by atoms with E-state index in [1.165, 1.54) is 0 Å². The molecule has 0 spiro atoms. The van der Waals surface area contributed by atoms with Gasteiger partial charge >= 0.3 is 5.97 Å². The number of nitrogens with zero attached hydrogens (tertiary/aromatic N) is 1. The first-order chi connectivity index (χ1) is 10.2. The standard InChI is InChI=1S/C16H27NO4/c1-4-7-9-10-14(12-17)16(18)21-20-13-15(6-3)19-11-8-5-2/h10,15H,4-9,11,13H2,1-3H3. The Morgan fingerprint density at radius 1 is 1.24 bits per heavy atom. The number of ether oxygens (including phenoxy) is 1. The molecule has 1 atom stereocenters. The average molecular weight is 297 g/mol. The molecule has 1 unspecified atom stereocenters. The topological polar surface area (TPSA) is 68.6 Å². The summed E-state index contributed by atoms with van der Waals surface area (Å²) >= 11 is 0. The summed E-state index contributed by atoms with van der Waals surface area (Å²) < 4.78 is 5.58. The number of hydrogen-bond acceptors (Lipinski definition) is 5. The Morgan fingerprint density at radius 3 is 2.52 bits per heavy atom. The summed E-state index contributed by atoms with van der Waals surface area (Å²) in [6.45, 7) is 6.97. The molecule has 5 nitrogen and oxygen atoms in total. The summed E-state index contributed by atoms with van der Waals surface area (Å²) in [5.74, 6) is -0.739. The zero-order chi connectivity index (χ0) is 15.9. The van der Waals surface area contributed by atoms with Crippen molar-refractivity contribution in [2.24, 2.45) is 0 Å². The van der Waals surface area contributed by atoms with Crippen molar-refractivity contribution in [2.45, 2.75) is 65.4 Å². The Balaban J connectivity index is 4.04. The summed E-state index contributed by atoms with van der Waals surface area (Å²) in [7, 11) is 0. The average Bonchev–Trinajstić information content (AvgIpc) is 2.50. The predicted octanol–water partition coefficient (Wildman–Crippen LogP) is 3.70. The third kappa shape index (κ3) is 10.1. The zero-order valence-electron chi connectivity index (χ0n) is 13.4. The largest absolute Gasteiger partial charge is 0.383 e. The van der Waals surface area contributed by atoms with Crippen molar-refractivity contribution in [1.29, 1.82) is 5.26 Å². The molecule has 120 valence electrons. The Morgan fingerprint density at radius 2 is 1.95 bits per heavy atom. The van der Waals surface area contributed by atoms with Crippen LogP contribution in [0, 0.1) is 11.3 Å². The second kappa shape index (κ2) is 13.6. The van der Waals surface area contributed by atoms with Crippen LogP contribution in [-0.4, -0.2) is 25.3 Å². The van der Waals surface area contributed by atoms with E-state index in [2.05, 4.69) is 11.8 Å². The molecule has 0 bridgehead atoms. The first kappa shape index (κ1) is 19.6. The lowest BCUT2D eigenvalue weighted by atomic mass is 10.2. The number of unbranched alkanes of at least 4 members (excludes halogenated alkanes) is 3. The number of hydrogen-bond donors (Lipinski definition) is 0. The highest BCUT2D eigenvalue weighted by atomic mass is 17.2. The second-order valence-electron chi connectivity index (χ2n) is 4.78. The van der Waals surface area contributed by atoms with Crippen LogP contribution in [0.1, 0.15) is 59.3 Å². The third-order valence-corrected chi connectivity index (χ3v) is 2.94. The van der Waals surface area contributed by atoms with E-state index in [9.17, 15) is 4.79 Å². The van der Waals surface area contributed by atoms with E-state index < -0.39 is 5.97 Å². The smallest absolute Gasteiger partial charge is 0.376 e. The summed E-state index contributed by atoms with van der Waals surface area (Å²) in [5.41, 5.74) is -0.0107. The van der Waals surface area contributed by atoms with E-state index in [4.69, 9.17) is 14.9 Å². The van der Waals surface area contributed by atoms with Crippen LogP contribution in [0.3, 0.4) is 0 Å². The molecule has 0 fully saturated rings. The van der Waals surface area contributed by atoms with E-state index in [1.807, 2.05) is 19.9 Å². The number of allylic oxidation sites excluding steroid dienone is 1. The normalized spacial score (nSPS) is 12.8. The minimum absolute atomic E-state index is 0.0107. The van der Waals surface area contributed by atoms with Crippen LogP contribution in [-0.2, 0) is 19.3 Å². The predicted molar refractivity (Wildman–Crippen MR) is 80.2 cm³/mol. The number of carbonyl (C=O) groups is 1. The van der Waals surface area contributed by atoms with Gasteiger partial charge in [-0.05, 0) is 19.3 Å². The van der Waals surface area contributed by atoms with Gasteiger partial charge in [0.2, 0.25) is 0 Å². The third-order valence-electron chi connectivity index (χ3n) is 2.94. The van der Waals surface area contributed by atoms with Gasteiger partial charge in [0.05, 0.1) is 6.10 Å². The maximum atomic E-state index is 11.6. The quantitative estimate of drug-likeness (QED) is 0.181. The second-order valence-corrected chi connectivity index (χ2v) is 4.78. The fourth-order valence-electron chi connectivity index (χ4n) is 1.51. The molecule has 0 aliphatic rings. The van der Waals surface area contributed by atoms with Gasteiger partial charge in [-0.1, -0.05) is 46.1 Å². The highest BCUT2D eigenvalue weighted by molar-refractivity contribution is 5.92. The van der Waals surface area contributed by atoms with Crippen LogP contribution in [0.15, 0.2) is 11.6 Å². The Hall–Kier alpha value is -1.38. The molecule has 5 heteroatoms. The zero-order valence-corrected chi connectivity index (χ0v) is 13.4. The molecule has 0 N–H and O–H groups in total. The van der Waals surface area contributed by atoms with Crippen LogP contribution in [0.25, 0.3) is 0 Å². The molecule has 0 saturated heterocycles. The van der Waals surface area contributed by atoms with E-state index >= 15 is 0 Å². The van der Waals surface area contributed by atoms with Crippen molar-refractivity contribution in [3.8, 4) is 6.07 Å². The monoisotopic (exact) mass is 297 g/mol. The minimum Gasteiger partial charge on any atom is -0.376 e. The molecule has 0 saturated carbocycles. The molecule has 0 rings (SSSR count). The molecule has 0 aliphatic heterocycles. The number of nitriles is 1. The van der Waals surface area contributed by atoms with Crippen molar-refractivity contribution >= 4 is 5.97 Å². The van der Waals surface area contributed by atoms with Crippen LogP contribution in [0.5, 0.6) is 0 Å². The summed E-state index contributed by atoms with van der Waals surface area (Å²) in [5, 5.41) is 8.89. The van der Waals surface area contributed by atoms with Gasteiger partial charge < -0.3 is 4.74 Å². The molecule has 0 amide bonds. The molecular weight excluding hydrogens is 270 g/mol. The fourth-order valence-corrected chi connectivity index (χ4v) is 1.51. The molecule has 0 heterocycles. The Labute approximate surface area is 127 Å². The number of carbonyl (C=O) groups excluding carboxylic acids is 1. The highest BCUT2D eigenvalue weighted by Crippen LogP contribution is 2.05. The van der Waals surface area contributed by atoms with Crippen LogP contribution in [0.2, 0.25) is 0 Å². The molecular formula is C16H27NO4. The lowest BCUT2D eigenvalue weighted by Crippen LogP contribution is -2.21. The first-order valence-electron chi connectivity index (χ1n) is 7.75. The molecule has 0 aliphatic carbocycles. The van der Waals surface area contributed by atoms with Crippen molar-refractivity contribution in [1.82, 2.24) is 0 Å². The van der Waals surface area contributed by atoms with Crippen molar-refractivity contribution in [3.05, 3.63) is 11.6 Å². The molecule has 0 aromatic rings. The lowest BCUT2D eigenvalue weighted by molar-refractivity contribution is -0.280. The summed E-state index contributed by atoms with van der Waals surface area (Å²) in [6.07, 6.45) is 6.96. The van der Waals surface area contributed by atoms with Crippen molar-refractivity contribution < 1.29 is 19.3 Å². The molecule has 0 aromatic carbocycles. The maximum Gasteiger partial charge on any atom is 0.383 e. The Bertz CT molecular complexity index is 347. The van der Waals surface area contributed by atoms with Crippen molar-refractivity contribution in [3.63, 3.8) is 0 Å². The lowest BCUT2D eigenvalue weighted by Gasteiger charge is -2.14. The first-order valence-corrected chi connectivity index (χ1v) is 7.75. The number of rotatable bonds is 12. The van der Waals surface area contributed by atoms with E-state index in [0.29, 0.717) is 13.0 Å². The van der Waals surface area contributed by atoms with Crippen LogP contribution >= 0.6 is 0 Å². The van der Waals surface area contributed by atoms with Gasteiger partial charge in [-0.3, -0.25) is 4.89 Å². The SMILES string of the molecule is CCCCC=C(C#N)C(=O)OOCC(CC)OCCCC. The minimum atomic E-state index is -0.739. The van der Waals surface area contributed by atoms with E-state index in [-0.39, 0.29) is 18.3 Å². The van der Waals surface area contributed by atoms with Gasteiger partial charge in [0.25, 0.3) is 0 Å². The molecule has 21 heavy (non-hydrogen) atoms. The van der Waals surface area contributed by atoms with Crippen molar-refractivity contribution in [2.75, 3.05) is 13.2 Å².